The van der Waals surface area contributed by atoms with Crippen LogP contribution in [-0.4, -0.2) is 19.0 Å². The van der Waals surface area contributed by atoms with Crippen molar-refractivity contribution in [2.75, 3.05) is 12.4 Å². The van der Waals surface area contributed by atoms with Gasteiger partial charge in [0.1, 0.15) is 17.0 Å². The molecule has 0 aliphatic rings. The number of fused-ring (bicyclic) bond motifs is 3. The van der Waals surface area contributed by atoms with E-state index in [-0.39, 0.29) is 11.4 Å². The van der Waals surface area contributed by atoms with Gasteiger partial charge in [-0.3, -0.25) is 4.79 Å². The molecule has 0 atom stereocenters. The molecular weight excluding hydrogens is 396 g/mol. The Hall–Kier alpha value is -4.39. The fourth-order valence-electron chi connectivity index (χ4n) is 3.16. The number of anilines is 1. The number of carbonyl (C=O) groups is 2. The zero-order valence-electron chi connectivity index (χ0n) is 16.5. The van der Waals surface area contributed by atoms with E-state index in [0.29, 0.717) is 11.1 Å². The van der Waals surface area contributed by atoms with E-state index in [1.807, 2.05) is 30.3 Å². The molecule has 0 fully saturated rings. The predicted molar refractivity (Wildman–Crippen MR) is 118 cm³/mol. The van der Waals surface area contributed by atoms with E-state index in [1.54, 1.807) is 42.5 Å². The largest absolute Gasteiger partial charge is 0.464 e. The van der Waals surface area contributed by atoms with E-state index >= 15 is 0 Å². The van der Waals surface area contributed by atoms with E-state index in [9.17, 15) is 14.4 Å². The van der Waals surface area contributed by atoms with E-state index in [0.717, 1.165) is 16.2 Å². The summed E-state index contributed by atoms with van der Waals surface area (Å²) in [4.78, 5) is 36.9. The minimum absolute atomic E-state index is 0.110. The van der Waals surface area contributed by atoms with Crippen LogP contribution in [0.3, 0.4) is 0 Å². The Bertz CT molecular complexity index is 1370. The summed E-state index contributed by atoms with van der Waals surface area (Å²) < 4.78 is 10.2. The molecule has 0 saturated carbocycles. The first kappa shape index (κ1) is 19.9. The second-order valence-electron chi connectivity index (χ2n) is 6.66. The number of benzene rings is 3. The fraction of sp³-hybridized carbons (Fsp3) is 0.0417. The molecule has 0 aliphatic heterocycles. The molecule has 1 heterocycles. The lowest BCUT2D eigenvalue weighted by Crippen LogP contribution is -2.29. The Balaban J connectivity index is 1.69. The van der Waals surface area contributed by atoms with Crippen molar-refractivity contribution in [3.05, 3.63) is 101 Å². The molecule has 4 aromatic rings. The summed E-state index contributed by atoms with van der Waals surface area (Å²) in [6.45, 7) is 0. The average molecular weight is 414 g/mol. The Morgan fingerprint density at radius 2 is 1.68 bits per heavy atom. The average Bonchev–Trinajstić information content (AvgIpc) is 2.81. The van der Waals surface area contributed by atoms with Gasteiger partial charge >= 0.3 is 11.6 Å². The monoisotopic (exact) mass is 414 g/mol. The van der Waals surface area contributed by atoms with Crippen molar-refractivity contribution in [1.82, 2.24) is 5.32 Å². The van der Waals surface area contributed by atoms with Crippen molar-refractivity contribution in [2.45, 2.75) is 0 Å². The number of amides is 1. The molecule has 0 bridgehead atoms. The highest BCUT2D eigenvalue weighted by atomic mass is 16.5. The molecule has 0 saturated heterocycles. The highest BCUT2D eigenvalue weighted by Gasteiger charge is 2.15. The maximum absolute atomic E-state index is 12.4. The first-order chi connectivity index (χ1) is 15.1. The maximum atomic E-state index is 12.4. The van der Waals surface area contributed by atoms with Crippen LogP contribution in [0.25, 0.3) is 21.7 Å². The lowest BCUT2D eigenvalue weighted by molar-refractivity contribution is -0.136. The zero-order valence-corrected chi connectivity index (χ0v) is 16.5. The molecule has 154 valence electrons. The molecule has 3 aromatic carbocycles. The number of hydrogen-bond acceptors (Lipinski definition) is 6. The van der Waals surface area contributed by atoms with Gasteiger partial charge in [-0.25, -0.2) is 9.59 Å². The number of ether oxygens (including phenoxy) is 1. The number of rotatable bonds is 5. The van der Waals surface area contributed by atoms with Crippen LogP contribution in [0.1, 0.15) is 10.4 Å². The van der Waals surface area contributed by atoms with Crippen LogP contribution in [0.5, 0.6) is 0 Å². The maximum Gasteiger partial charge on any atom is 0.360 e. The van der Waals surface area contributed by atoms with Gasteiger partial charge in [-0.15, -0.1) is 0 Å². The second-order valence-corrected chi connectivity index (χ2v) is 6.66. The van der Waals surface area contributed by atoms with Crippen molar-refractivity contribution in [1.29, 1.82) is 0 Å². The molecule has 7 heteroatoms. The van der Waals surface area contributed by atoms with Crippen LogP contribution in [0, 0.1) is 0 Å². The van der Waals surface area contributed by atoms with Gasteiger partial charge in [0.25, 0.3) is 5.91 Å². The van der Waals surface area contributed by atoms with Gasteiger partial charge in [-0.05, 0) is 35.0 Å². The summed E-state index contributed by atoms with van der Waals surface area (Å²) in [5.41, 5.74) is 0.156. The summed E-state index contributed by atoms with van der Waals surface area (Å²) in [5, 5.41) is 7.90. The standard InChI is InChI=1S/C24H18N2O5/c1-30-23(28)20(26-22(27)16-8-3-2-4-9-16)14-25-19-13-18-17-10-6-5-7-15(17)11-12-21(18)31-24(19)29/h2-14,25H,1H3,(H,26,27)/b20-14-. The van der Waals surface area contributed by atoms with Crippen LogP contribution >= 0.6 is 0 Å². The van der Waals surface area contributed by atoms with E-state index in [1.165, 1.54) is 13.3 Å². The molecule has 0 unspecified atom stereocenters. The lowest BCUT2D eigenvalue weighted by Gasteiger charge is -2.09. The van der Waals surface area contributed by atoms with Crippen molar-refractivity contribution in [2.24, 2.45) is 0 Å². The molecule has 1 amide bonds. The Labute approximate surface area is 176 Å². The number of hydrogen-bond donors (Lipinski definition) is 2. The molecule has 2 N–H and O–H groups in total. The third kappa shape index (κ3) is 4.16. The summed E-state index contributed by atoms with van der Waals surface area (Å²) in [7, 11) is 1.20. The quantitative estimate of drug-likeness (QED) is 0.223. The van der Waals surface area contributed by atoms with Crippen molar-refractivity contribution >= 4 is 39.3 Å². The van der Waals surface area contributed by atoms with E-state index in [2.05, 4.69) is 10.6 Å². The zero-order chi connectivity index (χ0) is 21.8. The van der Waals surface area contributed by atoms with Crippen molar-refractivity contribution in [3.8, 4) is 0 Å². The minimum atomic E-state index is -0.771. The second kappa shape index (κ2) is 8.54. The smallest absolute Gasteiger partial charge is 0.360 e. The lowest BCUT2D eigenvalue weighted by atomic mass is 10.1. The van der Waals surface area contributed by atoms with E-state index < -0.39 is 17.5 Å². The van der Waals surface area contributed by atoms with Crippen LogP contribution in [0.4, 0.5) is 5.69 Å². The first-order valence-electron chi connectivity index (χ1n) is 9.44. The summed E-state index contributed by atoms with van der Waals surface area (Å²) in [5.74, 6) is -1.26. The molecule has 7 nitrogen and oxygen atoms in total. The number of carbonyl (C=O) groups excluding carboxylic acids is 2. The molecule has 4 rings (SSSR count). The molecule has 0 aliphatic carbocycles. The third-order valence-electron chi connectivity index (χ3n) is 4.70. The van der Waals surface area contributed by atoms with Crippen LogP contribution in [0.2, 0.25) is 0 Å². The molecular formula is C24H18N2O5. The van der Waals surface area contributed by atoms with Crippen molar-refractivity contribution in [3.63, 3.8) is 0 Å². The SMILES string of the molecule is COC(=O)/C(=C/Nc1cc2c(ccc3ccccc32)oc1=O)NC(=O)c1ccccc1. The van der Waals surface area contributed by atoms with E-state index in [4.69, 9.17) is 9.15 Å². The Morgan fingerprint density at radius 3 is 2.45 bits per heavy atom. The first-order valence-corrected chi connectivity index (χ1v) is 9.44. The predicted octanol–water partition coefficient (Wildman–Crippen LogP) is 3.80. The third-order valence-corrected chi connectivity index (χ3v) is 4.70. The van der Waals surface area contributed by atoms with Gasteiger partial charge in [0.2, 0.25) is 0 Å². The summed E-state index contributed by atoms with van der Waals surface area (Å²) in [6.07, 6.45) is 1.20. The molecule has 31 heavy (non-hydrogen) atoms. The van der Waals surface area contributed by atoms with Gasteiger partial charge in [-0.1, -0.05) is 48.5 Å². The number of nitrogens with one attached hydrogen (secondary N) is 2. The van der Waals surface area contributed by atoms with Gasteiger partial charge in [0.05, 0.1) is 7.11 Å². The highest BCUT2D eigenvalue weighted by Crippen LogP contribution is 2.26. The summed E-state index contributed by atoms with van der Waals surface area (Å²) >= 11 is 0. The normalized spacial score (nSPS) is 11.3. The number of esters is 1. The van der Waals surface area contributed by atoms with Gasteiger partial charge < -0.3 is 19.8 Å². The minimum Gasteiger partial charge on any atom is -0.464 e. The van der Waals surface area contributed by atoms with Crippen LogP contribution < -0.4 is 16.3 Å². The molecule has 0 spiro atoms. The van der Waals surface area contributed by atoms with Crippen LogP contribution in [0.15, 0.2) is 93.9 Å². The molecule has 0 radical (unpaired) electrons. The van der Waals surface area contributed by atoms with Gasteiger partial charge in [0, 0.05) is 17.1 Å². The topological polar surface area (TPSA) is 97.6 Å². The number of methoxy groups -OCH3 is 1. The van der Waals surface area contributed by atoms with Gasteiger partial charge in [0.15, 0.2) is 0 Å². The van der Waals surface area contributed by atoms with Crippen molar-refractivity contribution < 1.29 is 18.7 Å². The Kier molecular flexibility index (Phi) is 5.49. The van der Waals surface area contributed by atoms with Crippen LogP contribution in [-0.2, 0) is 9.53 Å². The highest BCUT2D eigenvalue weighted by molar-refractivity contribution is 6.06. The fourth-order valence-corrected chi connectivity index (χ4v) is 3.16. The Morgan fingerprint density at radius 1 is 0.935 bits per heavy atom. The summed E-state index contributed by atoms with van der Waals surface area (Å²) in [6, 6.07) is 21.4. The van der Waals surface area contributed by atoms with Gasteiger partial charge in [-0.2, -0.15) is 0 Å². The molecule has 1 aromatic heterocycles.